The van der Waals surface area contributed by atoms with E-state index in [1.165, 1.54) is 12.1 Å². The Balaban J connectivity index is 2.76. The number of hydrogen-bond donors (Lipinski definition) is 2. The lowest BCUT2D eigenvalue weighted by molar-refractivity contribution is 0.125. The van der Waals surface area contributed by atoms with Crippen molar-refractivity contribution in [3.05, 3.63) is 28.8 Å². The molecule has 0 fully saturated rings. The van der Waals surface area contributed by atoms with E-state index < -0.39 is 16.1 Å². The normalized spacial score (nSPS) is 14.3. The summed E-state index contributed by atoms with van der Waals surface area (Å²) in [5, 5.41) is 10.4. The lowest BCUT2D eigenvalue weighted by atomic mass is 9.89. The molecular formula is C14H22ClNO3S. The van der Waals surface area contributed by atoms with Crippen LogP contribution < -0.4 is 4.72 Å². The number of sulfonamides is 1. The summed E-state index contributed by atoms with van der Waals surface area (Å²) in [6, 6.07) is 4.60. The summed E-state index contributed by atoms with van der Waals surface area (Å²) in [6.45, 7) is 7.67. The monoisotopic (exact) mass is 319 g/mol. The molecule has 0 radical (unpaired) electrons. The average molecular weight is 320 g/mol. The van der Waals surface area contributed by atoms with Crippen LogP contribution in [-0.4, -0.2) is 26.2 Å². The summed E-state index contributed by atoms with van der Waals surface area (Å²) in [6.07, 6.45) is -0.188. The summed E-state index contributed by atoms with van der Waals surface area (Å²) in [7, 11) is -3.63. The third-order valence-electron chi connectivity index (χ3n) is 2.78. The van der Waals surface area contributed by atoms with Crippen molar-refractivity contribution in [2.75, 3.05) is 6.54 Å². The van der Waals surface area contributed by atoms with Gasteiger partial charge in [0, 0.05) is 11.6 Å². The minimum absolute atomic E-state index is 0.00166. The smallest absolute Gasteiger partial charge is 0.240 e. The number of hydrogen-bond acceptors (Lipinski definition) is 3. The summed E-state index contributed by atoms with van der Waals surface area (Å²) in [5.41, 5.74) is 0.524. The van der Waals surface area contributed by atoms with Crippen LogP contribution >= 0.6 is 11.6 Å². The van der Waals surface area contributed by atoms with Gasteiger partial charge < -0.3 is 5.11 Å². The molecule has 20 heavy (non-hydrogen) atoms. The summed E-state index contributed by atoms with van der Waals surface area (Å²) < 4.78 is 26.8. The van der Waals surface area contributed by atoms with E-state index in [4.69, 9.17) is 11.6 Å². The predicted molar refractivity (Wildman–Crippen MR) is 81.5 cm³/mol. The highest BCUT2D eigenvalue weighted by atomic mass is 35.5. The third kappa shape index (κ3) is 5.40. The van der Waals surface area contributed by atoms with E-state index in [-0.39, 0.29) is 16.9 Å². The Morgan fingerprint density at radius 1 is 1.35 bits per heavy atom. The molecule has 0 aliphatic rings. The Kier molecular flexibility index (Phi) is 5.61. The van der Waals surface area contributed by atoms with Crippen LogP contribution in [0.25, 0.3) is 0 Å². The quantitative estimate of drug-likeness (QED) is 0.877. The fourth-order valence-corrected chi connectivity index (χ4v) is 3.50. The fourth-order valence-electron chi connectivity index (χ4n) is 1.98. The van der Waals surface area contributed by atoms with Crippen LogP contribution in [0.2, 0.25) is 5.02 Å². The first-order valence-corrected chi connectivity index (χ1v) is 8.31. The summed E-state index contributed by atoms with van der Waals surface area (Å²) >= 11 is 5.81. The average Bonchev–Trinajstić information content (AvgIpc) is 2.23. The van der Waals surface area contributed by atoms with Gasteiger partial charge in [-0.1, -0.05) is 32.4 Å². The zero-order chi connectivity index (χ0) is 15.6. The lowest BCUT2D eigenvalue weighted by Gasteiger charge is -2.22. The fraction of sp³-hybridized carbons (Fsp3) is 0.571. The lowest BCUT2D eigenvalue weighted by Crippen LogP contribution is -2.34. The van der Waals surface area contributed by atoms with Crippen molar-refractivity contribution in [2.24, 2.45) is 5.41 Å². The van der Waals surface area contributed by atoms with Crippen molar-refractivity contribution >= 4 is 21.6 Å². The molecule has 1 rings (SSSR count). The highest BCUT2D eigenvalue weighted by Crippen LogP contribution is 2.22. The van der Waals surface area contributed by atoms with Gasteiger partial charge in [0.05, 0.1) is 11.0 Å². The van der Waals surface area contributed by atoms with E-state index in [0.29, 0.717) is 17.0 Å². The molecule has 0 aliphatic heterocycles. The van der Waals surface area contributed by atoms with Crippen LogP contribution in [0.3, 0.4) is 0 Å². The van der Waals surface area contributed by atoms with Gasteiger partial charge in [0.15, 0.2) is 0 Å². The number of aliphatic hydroxyl groups is 1. The molecule has 2 N–H and O–H groups in total. The highest BCUT2D eigenvalue weighted by molar-refractivity contribution is 7.89. The van der Waals surface area contributed by atoms with Gasteiger partial charge >= 0.3 is 0 Å². The number of nitrogens with one attached hydrogen (secondary N) is 1. The van der Waals surface area contributed by atoms with E-state index in [1.807, 2.05) is 20.8 Å². The summed E-state index contributed by atoms with van der Waals surface area (Å²) in [5.74, 6) is 0. The first kappa shape index (κ1) is 17.4. The van der Waals surface area contributed by atoms with Crippen molar-refractivity contribution in [2.45, 2.75) is 45.1 Å². The van der Waals surface area contributed by atoms with Gasteiger partial charge in [0.25, 0.3) is 0 Å². The van der Waals surface area contributed by atoms with Crippen LogP contribution in [0.15, 0.2) is 23.1 Å². The zero-order valence-electron chi connectivity index (χ0n) is 12.3. The standard InChI is InChI=1S/C14H22ClNO3S/c1-10-7-11(15)5-6-13(10)20(18,19)16-9-12(17)8-14(2,3)4/h5-7,12,16-17H,8-9H2,1-4H3. The first-order valence-electron chi connectivity index (χ1n) is 6.45. The van der Waals surface area contributed by atoms with Gasteiger partial charge in [0.1, 0.15) is 0 Å². The Labute approximate surface area is 126 Å². The topological polar surface area (TPSA) is 66.4 Å². The minimum atomic E-state index is -3.63. The maximum absolute atomic E-state index is 12.2. The minimum Gasteiger partial charge on any atom is -0.392 e. The number of halogens is 1. The van der Waals surface area contributed by atoms with E-state index in [2.05, 4.69) is 4.72 Å². The molecule has 0 saturated carbocycles. The Morgan fingerprint density at radius 2 is 1.95 bits per heavy atom. The first-order chi connectivity index (χ1) is 9.01. The largest absolute Gasteiger partial charge is 0.392 e. The van der Waals surface area contributed by atoms with Crippen molar-refractivity contribution < 1.29 is 13.5 Å². The maximum atomic E-state index is 12.2. The van der Waals surface area contributed by atoms with Gasteiger partial charge in [-0.15, -0.1) is 0 Å². The molecule has 1 atom stereocenters. The molecule has 0 saturated heterocycles. The van der Waals surface area contributed by atoms with Crippen LogP contribution in [0.5, 0.6) is 0 Å². The van der Waals surface area contributed by atoms with Gasteiger partial charge in [-0.3, -0.25) is 0 Å². The van der Waals surface area contributed by atoms with Crippen molar-refractivity contribution in [3.63, 3.8) is 0 Å². The van der Waals surface area contributed by atoms with Crippen molar-refractivity contribution in [1.29, 1.82) is 0 Å². The number of benzene rings is 1. The van der Waals surface area contributed by atoms with Crippen LogP contribution in [-0.2, 0) is 10.0 Å². The van der Waals surface area contributed by atoms with Crippen LogP contribution in [0, 0.1) is 12.3 Å². The van der Waals surface area contributed by atoms with Gasteiger partial charge in [-0.2, -0.15) is 0 Å². The van der Waals surface area contributed by atoms with Crippen LogP contribution in [0.1, 0.15) is 32.8 Å². The van der Waals surface area contributed by atoms with Gasteiger partial charge in [-0.05, 0) is 42.5 Å². The molecule has 0 heterocycles. The molecule has 4 nitrogen and oxygen atoms in total. The number of aliphatic hydroxyl groups excluding tert-OH is 1. The summed E-state index contributed by atoms with van der Waals surface area (Å²) in [4.78, 5) is 0.185. The van der Waals surface area contributed by atoms with E-state index in [1.54, 1.807) is 13.0 Å². The number of rotatable bonds is 5. The second-order valence-electron chi connectivity index (χ2n) is 6.18. The van der Waals surface area contributed by atoms with E-state index in [0.717, 1.165) is 0 Å². The Bertz CT molecular complexity index is 564. The highest BCUT2D eigenvalue weighted by Gasteiger charge is 2.21. The SMILES string of the molecule is Cc1cc(Cl)ccc1S(=O)(=O)NCC(O)CC(C)(C)C. The molecule has 1 aromatic rings. The third-order valence-corrected chi connectivity index (χ3v) is 4.60. The molecule has 1 unspecified atom stereocenters. The molecule has 0 spiro atoms. The molecule has 6 heteroatoms. The number of aryl methyl sites for hydroxylation is 1. The molecule has 114 valence electrons. The van der Waals surface area contributed by atoms with E-state index >= 15 is 0 Å². The second kappa shape index (κ2) is 6.43. The molecule has 0 aliphatic carbocycles. The maximum Gasteiger partial charge on any atom is 0.240 e. The second-order valence-corrected chi connectivity index (χ2v) is 8.35. The van der Waals surface area contributed by atoms with E-state index in [9.17, 15) is 13.5 Å². The molecule has 0 bridgehead atoms. The molecule has 0 amide bonds. The molecular weight excluding hydrogens is 298 g/mol. The Morgan fingerprint density at radius 3 is 2.45 bits per heavy atom. The molecule has 0 aromatic heterocycles. The molecule has 1 aromatic carbocycles. The zero-order valence-corrected chi connectivity index (χ0v) is 13.8. The van der Waals surface area contributed by atoms with Crippen molar-refractivity contribution in [1.82, 2.24) is 4.72 Å². The van der Waals surface area contributed by atoms with Crippen LogP contribution in [0.4, 0.5) is 0 Å². The van der Waals surface area contributed by atoms with Gasteiger partial charge in [-0.25, -0.2) is 13.1 Å². The van der Waals surface area contributed by atoms with Crippen molar-refractivity contribution in [3.8, 4) is 0 Å². The van der Waals surface area contributed by atoms with Gasteiger partial charge in [0.2, 0.25) is 10.0 Å². The Hall–Kier alpha value is -0.620. The predicted octanol–water partition coefficient (Wildman–Crippen LogP) is 2.72.